The molecule has 0 aromatic carbocycles. The summed E-state index contributed by atoms with van der Waals surface area (Å²) in [5, 5.41) is 0. The lowest BCUT2D eigenvalue weighted by Gasteiger charge is -2.38. The Morgan fingerprint density at radius 2 is 2.06 bits per heavy atom. The first kappa shape index (κ1) is 9.87. The predicted molar refractivity (Wildman–Crippen MR) is 64.2 cm³/mol. The molecule has 86 valence electrons. The van der Waals surface area contributed by atoms with Gasteiger partial charge in [0.1, 0.15) is 18.0 Å². The van der Waals surface area contributed by atoms with Gasteiger partial charge in [0.25, 0.3) is 0 Å². The van der Waals surface area contributed by atoms with Crippen molar-refractivity contribution in [3.05, 3.63) is 12.4 Å². The topological polar surface area (TPSA) is 55.0 Å². The van der Waals surface area contributed by atoms with E-state index >= 15 is 0 Å². The molecule has 4 heteroatoms. The predicted octanol–water partition coefficient (Wildman–Crippen LogP) is 1.83. The third-order valence-corrected chi connectivity index (χ3v) is 3.96. The van der Waals surface area contributed by atoms with Crippen LogP contribution in [0.15, 0.2) is 12.4 Å². The average molecular weight is 218 g/mol. The van der Waals surface area contributed by atoms with Gasteiger partial charge in [-0.1, -0.05) is 6.42 Å². The molecule has 1 aliphatic heterocycles. The van der Waals surface area contributed by atoms with Crippen LogP contribution in [0.3, 0.4) is 0 Å². The smallest absolute Gasteiger partial charge is 0.134 e. The van der Waals surface area contributed by atoms with Crippen LogP contribution in [-0.4, -0.2) is 22.6 Å². The van der Waals surface area contributed by atoms with Gasteiger partial charge in [-0.05, 0) is 31.6 Å². The molecule has 2 atom stereocenters. The van der Waals surface area contributed by atoms with Crippen molar-refractivity contribution >= 4 is 11.6 Å². The molecule has 1 saturated heterocycles. The van der Waals surface area contributed by atoms with Gasteiger partial charge in [0.2, 0.25) is 0 Å². The van der Waals surface area contributed by atoms with Crippen molar-refractivity contribution in [2.75, 3.05) is 17.2 Å². The number of aromatic nitrogens is 2. The number of nitrogens with zero attached hydrogens (tertiary/aromatic N) is 3. The van der Waals surface area contributed by atoms with Crippen molar-refractivity contribution in [2.45, 2.75) is 38.1 Å². The minimum absolute atomic E-state index is 0.574. The largest absolute Gasteiger partial charge is 0.384 e. The monoisotopic (exact) mass is 218 g/mol. The van der Waals surface area contributed by atoms with Crippen LogP contribution in [0.2, 0.25) is 0 Å². The zero-order valence-electron chi connectivity index (χ0n) is 9.47. The Morgan fingerprint density at radius 3 is 2.94 bits per heavy atom. The third kappa shape index (κ3) is 1.62. The Bertz CT molecular complexity index is 379. The molecular weight excluding hydrogens is 200 g/mol. The molecular formula is C12H18N4. The first-order chi connectivity index (χ1) is 7.84. The highest BCUT2D eigenvalue weighted by molar-refractivity contribution is 5.47. The molecule has 0 bridgehead atoms. The van der Waals surface area contributed by atoms with Crippen LogP contribution in [0.5, 0.6) is 0 Å². The van der Waals surface area contributed by atoms with Gasteiger partial charge < -0.3 is 10.6 Å². The summed E-state index contributed by atoms with van der Waals surface area (Å²) < 4.78 is 0. The molecule has 3 rings (SSSR count). The lowest BCUT2D eigenvalue weighted by Crippen LogP contribution is -2.43. The highest BCUT2D eigenvalue weighted by Gasteiger charge is 2.35. The van der Waals surface area contributed by atoms with E-state index < -0.39 is 0 Å². The molecule has 0 spiro atoms. The van der Waals surface area contributed by atoms with Crippen molar-refractivity contribution in [1.82, 2.24) is 9.97 Å². The number of fused-ring (bicyclic) bond motifs is 1. The van der Waals surface area contributed by atoms with Crippen LogP contribution in [0.4, 0.5) is 11.6 Å². The molecule has 4 nitrogen and oxygen atoms in total. The highest BCUT2D eigenvalue weighted by atomic mass is 15.2. The Morgan fingerprint density at radius 1 is 1.19 bits per heavy atom. The molecule has 1 aromatic rings. The molecule has 1 aromatic heterocycles. The summed E-state index contributed by atoms with van der Waals surface area (Å²) in [6.45, 7) is 1.12. The fraction of sp³-hybridized carbons (Fsp3) is 0.667. The van der Waals surface area contributed by atoms with Crippen LogP contribution in [0.1, 0.15) is 32.1 Å². The zero-order chi connectivity index (χ0) is 11.0. The molecule has 2 heterocycles. The van der Waals surface area contributed by atoms with Gasteiger partial charge in [0.05, 0.1) is 0 Å². The van der Waals surface area contributed by atoms with E-state index in [0.29, 0.717) is 11.9 Å². The van der Waals surface area contributed by atoms with Gasteiger partial charge in [-0.25, -0.2) is 9.97 Å². The van der Waals surface area contributed by atoms with Gasteiger partial charge in [-0.3, -0.25) is 0 Å². The number of rotatable bonds is 1. The summed E-state index contributed by atoms with van der Waals surface area (Å²) >= 11 is 0. The van der Waals surface area contributed by atoms with E-state index in [9.17, 15) is 0 Å². The van der Waals surface area contributed by atoms with Crippen molar-refractivity contribution in [3.63, 3.8) is 0 Å². The standard InChI is InChI=1S/C12H18N4/c13-11-7-12(15-8-14-11)16-6-2-4-9-3-1-5-10(9)16/h7-10H,1-6H2,(H2,13,14,15). The maximum atomic E-state index is 5.72. The minimum atomic E-state index is 0.574. The van der Waals surface area contributed by atoms with E-state index in [1.54, 1.807) is 6.33 Å². The fourth-order valence-electron chi connectivity index (χ4n) is 3.26. The Hall–Kier alpha value is -1.32. The third-order valence-electron chi connectivity index (χ3n) is 3.96. The van der Waals surface area contributed by atoms with E-state index in [1.807, 2.05) is 6.07 Å². The van der Waals surface area contributed by atoms with E-state index in [2.05, 4.69) is 14.9 Å². The molecule has 2 N–H and O–H groups in total. The Labute approximate surface area is 95.9 Å². The van der Waals surface area contributed by atoms with E-state index in [4.69, 9.17) is 5.73 Å². The second-order valence-corrected chi connectivity index (χ2v) is 4.90. The summed E-state index contributed by atoms with van der Waals surface area (Å²) in [7, 11) is 0. The maximum Gasteiger partial charge on any atom is 0.134 e. The van der Waals surface area contributed by atoms with E-state index in [1.165, 1.54) is 32.1 Å². The number of nitrogens with two attached hydrogens (primary N) is 1. The van der Waals surface area contributed by atoms with Crippen LogP contribution >= 0.6 is 0 Å². The normalized spacial score (nSPS) is 29.1. The summed E-state index contributed by atoms with van der Waals surface area (Å²) in [5.41, 5.74) is 5.72. The first-order valence-corrected chi connectivity index (χ1v) is 6.19. The van der Waals surface area contributed by atoms with Gasteiger partial charge in [0.15, 0.2) is 0 Å². The van der Waals surface area contributed by atoms with Gasteiger partial charge in [0, 0.05) is 18.7 Å². The van der Waals surface area contributed by atoms with Crippen molar-refractivity contribution in [1.29, 1.82) is 0 Å². The lowest BCUT2D eigenvalue weighted by atomic mass is 9.92. The summed E-state index contributed by atoms with van der Waals surface area (Å²) in [6, 6.07) is 2.60. The Kier molecular flexibility index (Phi) is 2.42. The van der Waals surface area contributed by atoms with Crippen molar-refractivity contribution < 1.29 is 0 Å². The van der Waals surface area contributed by atoms with E-state index in [0.717, 1.165) is 18.3 Å². The molecule has 2 unspecified atom stereocenters. The lowest BCUT2D eigenvalue weighted by molar-refractivity contribution is 0.360. The van der Waals surface area contributed by atoms with Crippen molar-refractivity contribution in [3.8, 4) is 0 Å². The maximum absolute atomic E-state index is 5.72. The van der Waals surface area contributed by atoms with Crippen LogP contribution in [0.25, 0.3) is 0 Å². The molecule has 0 radical (unpaired) electrons. The van der Waals surface area contributed by atoms with Crippen LogP contribution in [-0.2, 0) is 0 Å². The molecule has 1 aliphatic carbocycles. The fourth-order valence-corrected chi connectivity index (χ4v) is 3.26. The minimum Gasteiger partial charge on any atom is -0.384 e. The number of anilines is 2. The second kappa shape index (κ2) is 3.92. The number of hydrogen-bond donors (Lipinski definition) is 1. The number of nitrogen functional groups attached to an aromatic ring is 1. The summed E-state index contributed by atoms with van der Waals surface area (Å²) in [6.07, 6.45) is 8.32. The quantitative estimate of drug-likeness (QED) is 0.781. The van der Waals surface area contributed by atoms with Gasteiger partial charge >= 0.3 is 0 Å². The Balaban J connectivity index is 1.88. The second-order valence-electron chi connectivity index (χ2n) is 4.90. The van der Waals surface area contributed by atoms with Crippen molar-refractivity contribution in [2.24, 2.45) is 5.92 Å². The average Bonchev–Trinajstić information content (AvgIpc) is 2.76. The number of hydrogen-bond acceptors (Lipinski definition) is 4. The van der Waals surface area contributed by atoms with Gasteiger partial charge in [-0.15, -0.1) is 0 Å². The highest BCUT2D eigenvalue weighted by Crippen LogP contribution is 2.38. The van der Waals surface area contributed by atoms with Gasteiger partial charge in [-0.2, -0.15) is 0 Å². The molecule has 16 heavy (non-hydrogen) atoms. The summed E-state index contributed by atoms with van der Waals surface area (Å²) in [4.78, 5) is 10.8. The zero-order valence-corrected chi connectivity index (χ0v) is 9.47. The van der Waals surface area contributed by atoms with Crippen LogP contribution < -0.4 is 10.6 Å². The molecule has 0 amide bonds. The molecule has 1 saturated carbocycles. The van der Waals surface area contributed by atoms with E-state index in [-0.39, 0.29) is 0 Å². The first-order valence-electron chi connectivity index (χ1n) is 6.19. The van der Waals surface area contributed by atoms with Crippen LogP contribution in [0, 0.1) is 5.92 Å². The summed E-state index contributed by atoms with van der Waals surface area (Å²) in [5.74, 6) is 2.47. The molecule has 2 aliphatic rings. The SMILES string of the molecule is Nc1cc(N2CCCC3CCCC32)ncn1. The number of piperidine rings is 1. The molecule has 2 fully saturated rings.